The summed E-state index contributed by atoms with van der Waals surface area (Å²) < 4.78 is 2.25. The number of fused-ring (bicyclic) bond motifs is 1. The molecule has 4 heteroatoms. The van der Waals surface area contributed by atoms with Gasteiger partial charge in [0.25, 0.3) is 0 Å². The first-order valence-corrected chi connectivity index (χ1v) is 11.2. The van der Waals surface area contributed by atoms with E-state index in [1.807, 2.05) is 18.2 Å². The molecule has 0 aliphatic rings. The van der Waals surface area contributed by atoms with Gasteiger partial charge < -0.3 is 9.88 Å². The van der Waals surface area contributed by atoms with Crippen molar-refractivity contribution in [3.8, 4) is 0 Å². The molecule has 0 unspecified atom stereocenters. The van der Waals surface area contributed by atoms with Crippen molar-refractivity contribution in [2.75, 3.05) is 6.54 Å². The van der Waals surface area contributed by atoms with Gasteiger partial charge in [-0.15, -0.1) is 0 Å². The maximum atomic E-state index is 6.39. The molecule has 2 nitrogen and oxygen atoms in total. The molecule has 1 N–H and O–H groups in total. The summed E-state index contributed by atoms with van der Waals surface area (Å²) in [6.45, 7) is 4.90. The normalized spacial score (nSPS) is 11.4. The van der Waals surface area contributed by atoms with Crippen LogP contribution < -0.4 is 5.32 Å². The number of halogens is 2. The Labute approximate surface area is 178 Å². The Morgan fingerprint density at radius 3 is 2.36 bits per heavy atom. The van der Waals surface area contributed by atoms with E-state index in [9.17, 15) is 0 Å². The molecule has 150 valence electrons. The zero-order valence-electron chi connectivity index (χ0n) is 16.7. The highest BCUT2D eigenvalue weighted by atomic mass is 35.5. The quantitative estimate of drug-likeness (QED) is 0.321. The van der Waals surface area contributed by atoms with Crippen LogP contribution in [0.1, 0.15) is 56.6 Å². The van der Waals surface area contributed by atoms with Gasteiger partial charge >= 0.3 is 0 Å². The molecule has 28 heavy (non-hydrogen) atoms. The third kappa shape index (κ3) is 5.53. The third-order valence-electron chi connectivity index (χ3n) is 5.28. The number of aromatic nitrogens is 1. The van der Waals surface area contributed by atoms with Gasteiger partial charge in [-0.1, -0.05) is 86.5 Å². The monoisotopic (exact) mass is 416 g/mol. The molecule has 2 aromatic carbocycles. The minimum atomic E-state index is 0.677. The van der Waals surface area contributed by atoms with Crippen LogP contribution in [-0.2, 0) is 13.1 Å². The number of hydrogen-bond acceptors (Lipinski definition) is 1. The summed E-state index contributed by atoms with van der Waals surface area (Å²) in [4.78, 5) is 0. The fraction of sp³-hybridized carbons (Fsp3) is 0.417. The molecule has 3 rings (SSSR count). The van der Waals surface area contributed by atoms with Crippen molar-refractivity contribution in [1.82, 2.24) is 9.88 Å². The second kappa shape index (κ2) is 10.9. The van der Waals surface area contributed by atoms with Crippen LogP contribution in [0.4, 0.5) is 0 Å². The summed E-state index contributed by atoms with van der Waals surface area (Å²) in [5.41, 5.74) is 3.51. The lowest BCUT2D eigenvalue weighted by Gasteiger charge is -2.09. The van der Waals surface area contributed by atoms with Gasteiger partial charge in [0, 0.05) is 39.3 Å². The molecule has 0 saturated heterocycles. The van der Waals surface area contributed by atoms with Crippen LogP contribution in [-0.4, -0.2) is 11.1 Å². The smallest absolute Gasteiger partial charge is 0.0505 e. The van der Waals surface area contributed by atoms with E-state index < -0.39 is 0 Å². The number of hydrogen-bond donors (Lipinski definition) is 1. The maximum absolute atomic E-state index is 6.39. The number of rotatable bonds is 11. The van der Waals surface area contributed by atoms with Crippen LogP contribution in [0.2, 0.25) is 10.0 Å². The molecule has 0 spiro atoms. The number of unbranched alkanes of at least 4 members (excludes halogenated alkanes) is 5. The van der Waals surface area contributed by atoms with Gasteiger partial charge in [-0.2, -0.15) is 0 Å². The molecule has 1 aromatic heterocycles. The lowest BCUT2D eigenvalue weighted by atomic mass is 10.1. The maximum Gasteiger partial charge on any atom is 0.0505 e. The molecule has 1 heterocycles. The lowest BCUT2D eigenvalue weighted by molar-refractivity contribution is 0.572. The Bertz CT molecular complexity index is 865. The predicted octanol–water partition coefficient (Wildman–Crippen LogP) is 7.45. The fourth-order valence-corrected chi connectivity index (χ4v) is 4.22. The highest BCUT2D eigenvalue weighted by molar-refractivity contribution is 6.36. The zero-order chi connectivity index (χ0) is 19.8. The molecule has 0 radical (unpaired) electrons. The highest BCUT2D eigenvalue weighted by Crippen LogP contribution is 2.28. The first-order chi connectivity index (χ1) is 13.7. The van der Waals surface area contributed by atoms with Gasteiger partial charge in [-0.3, -0.25) is 0 Å². The van der Waals surface area contributed by atoms with E-state index >= 15 is 0 Å². The highest BCUT2D eigenvalue weighted by Gasteiger charge is 2.11. The first-order valence-electron chi connectivity index (χ1n) is 10.4. The summed E-state index contributed by atoms with van der Waals surface area (Å²) in [5, 5.41) is 6.34. The Morgan fingerprint density at radius 1 is 0.857 bits per heavy atom. The molecular weight excluding hydrogens is 387 g/mol. The van der Waals surface area contributed by atoms with Gasteiger partial charge in [0.1, 0.15) is 0 Å². The summed E-state index contributed by atoms with van der Waals surface area (Å²) >= 11 is 12.8. The van der Waals surface area contributed by atoms with Crippen LogP contribution in [0.15, 0.2) is 48.7 Å². The SMILES string of the molecule is CCCCCCCCNCc1cn(Cc2c(Cl)cccc2Cl)c2ccccc12. The average Bonchev–Trinajstić information content (AvgIpc) is 3.05. The third-order valence-corrected chi connectivity index (χ3v) is 5.99. The summed E-state index contributed by atoms with van der Waals surface area (Å²) in [7, 11) is 0. The van der Waals surface area contributed by atoms with Crippen molar-refractivity contribution >= 4 is 34.1 Å². The Balaban J connectivity index is 1.64. The minimum absolute atomic E-state index is 0.677. The van der Waals surface area contributed by atoms with Gasteiger partial charge in [0.2, 0.25) is 0 Å². The van der Waals surface area contributed by atoms with Crippen molar-refractivity contribution in [3.63, 3.8) is 0 Å². The van der Waals surface area contributed by atoms with Crippen LogP contribution in [0.25, 0.3) is 10.9 Å². The van der Waals surface area contributed by atoms with Gasteiger partial charge in [-0.25, -0.2) is 0 Å². The van der Waals surface area contributed by atoms with Crippen LogP contribution in [0, 0.1) is 0 Å². The van der Waals surface area contributed by atoms with Crippen LogP contribution in [0.5, 0.6) is 0 Å². The molecule has 0 atom stereocenters. The van der Waals surface area contributed by atoms with Gasteiger partial charge in [0.05, 0.1) is 6.54 Å². The lowest BCUT2D eigenvalue weighted by Crippen LogP contribution is -2.14. The van der Waals surface area contributed by atoms with Crippen LogP contribution in [0.3, 0.4) is 0 Å². The Morgan fingerprint density at radius 2 is 1.57 bits per heavy atom. The van der Waals surface area contributed by atoms with Crippen molar-refractivity contribution in [3.05, 3.63) is 69.8 Å². The van der Waals surface area contributed by atoms with Crippen molar-refractivity contribution in [2.45, 2.75) is 58.5 Å². The van der Waals surface area contributed by atoms with E-state index in [1.54, 1.807) is 0 Å². The van der Waals surface area contributed by atoms with E-state index in [4.69, 9.17) is 23.2 Å². The number of nitrogens with one attached hydrogen (secondary N) is 1. The Kier molecular flexibility index (Phi) is 8.27. The molecule has 0 aliphatic carbocycles. The van der Waals surface area contributed by atoms with Crippen molar-refractivity contribution in [2.24, 2.45) is 0 Å². The largest absolute Gasteiger partial charge is 0.343 e. The number of nitrogens with zero attached hydrogens (tertiary/aromatic N) is 1. The van der Waals surface area contributed by atoms with Gasteiger partial charge in [-0.05, 0) is 36.7 Å². The summed E-state index contributed by atoms with van der Waals surface area (Å²) in [6, 6.07) is 14.2. The molecular formula is C24H30Cl2N2. The fourth-order valence-electron chi connectivity index (χ4n) is 3.70. The van der Waals surface area contributed by atoms with E-state index in [-0.39, 0.29) is 0 Å². The second-order valence-corrected chi connectivity index (χ2v) is 8.26. The van der Waals surface area contributed by atoms with Crippen molar-refractivity contribution < 1.29 is 0 Å². The topological polar surface area (TPSA) is 17.0 Å². The van der Waals surface area contributed by atoms with Crippen LogP contribution >= 0.6 is 23.2 Å². The van der Waals surface area contributed by atoms with E-state index in [0.29, 0.717) is 16.6 Å². The molecule has 3 aromatic rings. The van der Waals surface area contributed by atoms with Crippen molar-refractivity contribution in [1.29, 1.82) is 0 Å². The van der Waals surface area contributed by atoms with E-state index in [2.05, 4.69) is 47.3 Å². The second-order valence-electron chi connectivity index (χ2n) is 7.44. The summed E-state index contributed by atoms with van der Waals surface area (Å²) in [6.07, 6.45) is 10.2. The molecule has 0 saturated carbocycles. The molecule has 0 bridgehead atoms. The van der Waals surface area contributed by atoms with E-state index in [0.717, 1.165) is 18.7 Å². The average molecular weight is 417 g/mol. The predicted molar refractivity (Wildman–Crippen MR) is 123 cm³/mol. The van der Waals surface area contributed by atoms with Gasteiger partial charge in [0.15, 0.2) is 0 Å². The molecule has 0 amide bonds. The number of benzene rings is 2. The summed E-state index contributed by atoms with van der Waals surface area (Å²) in [5.74, 6) is 0. The van der Waals surface area contributed by atoms with E-state index in [1.165, 1.54) is 55.0 Å². The minimum Gasteiger partial charge on any atom is -0.343 e. The standard InChI is InChI=1S/C24H30Cl2N2/c1-2-3-4-5-6-9-15-27-16-19-17-28(24-14-8-7-11-20(19)24)18-21-22(25)12-10-13-23(21)26/h7-8,10-14,17,27H,2-6,9,15-16,18H2,1H3. The molecule has 0 aliphatic heterocycles. The zero-order valence-corrected chi connectivity index (χ0v) is 18.2. The Hall–Kier alpha value is -1.48. The molecule has 0 fully saturated rings. The number of para-hydroxylation sites is 1. The first kappa shape index (κ1) is 21.2.